The number of esters is 2. The fourth-order valence-corrected chi connectivity index (χ4v) is 1.83. The minimum absolute atomic E-state index is 0.0748. The molecule has 1 aliphatic heterocycles. The van der Waals surface area contributed by atoms with Crippen molar-refractivity contribution in [2.45, 2.75) is 19.8 Å². The quantitative estimate of drug-likeness (QED) is 0.456. The third kappa shape index (κ3) is 3.74. The number of thioether (sulfide) groups is 1. The summed E-state index contributed by atoms with van der Waals surface area (Å²) in [4.78, 5) is 33.6. The molecule has 5 nitrogen and oxygen atoms in total. The zero-order chi connectivity index (χ0) is 13.0. The summed E-state index contributed by atoms with van der Waals surface area (Å²) in [6.45, 7) is 4.75. The summed E-state index contributed by atoms with van der Waals surface area (Å²) in [5.74, 6) is -1.25. The highest BCUT2D eigenvalue weighted by Gasteiger charge is 2.29. The maximum atomic E-state index is 11.4. The van der Waals surface area contributed by atoms with Crippen molar-refractivity contribution in [2.75, 3.05) is 5.75 Å². The lowest BCUT2D eigenvalue weighted by molar-refractivity contribution is -0.151. The second-order valence-corrected chi connectivity index (χ2v) is 4.54. The average Bonchev–Trinajstić information content (AvgIpc) is 2.48. The molecule has 0 saturated carbocycles. The molecule has 0 aromatic carbocycles. The SMILES string of the molecule is C=C(O)CSC(=O)CCC1=C(C)C(=O)OC1=O. The van der Waals surface area contributed by atoms with E-state index in [0.717, 1.165) is 11.8 Å². The van der Waals surface area contributed by atoms with Crippen LogP contribution >= 0.6 is 11.8 Å². The van der Waals surface area contributed by atoms with Crippen molar-refractivity contribution in [3.63, 3.8) is 0 Å². The van der Waals surface area contributed by atoms with E-state index in [-0.39, 0.29) is 40.6 Å². The second kappa shape index (κ2) is 5.67. The largest absolute Gasteiger partial charge is 0.512 e. The standard InChI is InChI=1S/C11H12O5S/c1-6(12)5-17-9(13)4-3-8-7(2)10(14)16-11(8)15/h12H,1,3-5H2,2H3. The summed E-state index contributed by atoms with van der Waals surface area (Å²) in [7, 11) is 0. The van der Waals surface area contributed by atoms with Crippen LogP contribution in [0.5, 0.6) is 0 Å². The van der Waals surface area contributed by atoms with Gasteiger partial charge in [0.05, 0.1) is 11.5 Å². The van der Waals surface area contributed by atoms with Crippen molar-refractivity contribution in [1.82, 2.24) is 0 Å². The van der Waals surface area contributed by atoms with E-state index in [2.05, 4.69) is 11.3 Å². The van der Waals surface area contributed by atoms with E-state index in [9.17, 15) is 14.4 Å². The fourth-order valence-electron chi connectivity index (χ4n) is 1.25. The van der Waals surface area contributed by atoms with Crippen molar-refractivity contribution in [2.24, 2.45) is 0 Å². The van der Waals surface area contributed by atoms with Gasteiger partial charge in [-0.3, -0.25) is 4.79 Å². The zero-order valence-electron chi connectivity index (χ0n) is 9.32. The Morgan fingerprint density at radius 3 is 2.53 bits per heavy atom. The van der Waals surface area contributed by atoms with Crippen LogP contribution < -0.4 is 0 Å². The maximum Gasteiger partial charge on any atom is 0.342 e. The molecule has 0 aromatic rings. The van der Waals surface area contributed by atoms with Crippen LogP contribution in [0.25, 0.3) is 0 Å². The average molecular weight is 256 g/mol. The van der Waals surface area contributed by atoms with Crippen molar-refractivity contribution in [1.29, 1.82) is 0 Å². The van der Waals surface area contributed by atoms with Gasteiger partial charge in [0.1, 0.15) is 0 Å². The first-order valence-electron chi connectivity index (χ1n) is 4.90. The molecule has 17 heavy (non-hydrogen) atoms. The van der Waals surface area contributed by atoms with Crippen LogP contribution in [0.2, 0.25) is 0 Å². The van der Waals surface area contributed by atoms with E-state index in [0.29, 0.717) is 0 Å². The number of ether oxygens (including phenoxy) is 1. The van der Waals surface area contributed by atoms with Gasteiger partial charge in [-0.1, -0.05) is 18.3 Å². The van der Waals surface area contributed by atoms with Gasteiger partial charge in [-0.25, -0.2) is 9.59 Å². The topological polar surface area (TPSA) is 80.7 Å². The normalized spacial score (nSPS) is 15.1. The van der Waals surface area contributed by atoms with Crippen molar-refractivity contribution in [3.05, 3.63) is 23.5 Å². The van der Waals surface area contributed by atoms with Gasteiger partial charge in [-0.05, 0) is 13.3 Å². The van der Waals surface area contributed by atoms with E-state index in [1.165, 1.54) is 6.92 Å². The van der Waals surface area contributed by atoms with Crippen molar-refractivity contribution in [3.8, 4) is 0 Å². The molecular weight excluding hydrogens is 244 g/mol. The number of carbonyl (C=O) groups excluding carboxylic acids is 3. The molecule has 0 aliphatic carbocycles. The van der Waals surface area contributed by atoms with E-state index in [1.54, 1.807) is 0 Å². The first-order valence-corrected chi connectivity index (χ1v) is 5.89. The Morgan fingerprint density at radius 1 is 1.41 bits per heavy atom. The van der Waals surface area contributed by atoms with Crippen molar-refractivity contribution >= 4 is 28.8 Å². The highest BCUT2D eigenvalue weighted by molar-refractivity contribution is 8.13. The molecule has 92 valence electrons. The number of aliphatic hydroxyl groups excluding tert-OH is 1. The molecule has 0 spiro atoms. The Labute approximate surface area is 103 Å². The first kappa shape index (κ1) is 13.5. The summed E-state index contributed by atoms with van der Waals surface area (Å²) in [6, 6.07) is 0. The third-order valence-electron chi connectivity index (χ3n) is 2.17. The van der Waals surface area contributed by atoms with Crippen LogP contribution in [-0.2, 0) is 19.1 Å². The first-order chi connectivity index (χ1) is 7.91. The molecule has 1 N–H and O–H groups in total. The summed E-state index contributed by atoms with van der Waals surface area (Å²) in [5.41, 5.74) is 0.520. The summed E-state index contributed by atoms with van der Waals surface area (Å²) < 4.78 is 4.39. The maximum absolute atomic E-state index is 11.4. The summed E-state index contributed by atoms with van der Waals surface area (Å²) in [6.07, 6.45) is 0.299. The molecule has 0 fully saturated rings. The predicted molar refractivity (Wildman–Crippen MR) is 62.3 cm³/mol. The Morgan fingerprint density at radius 2 is 2.06 bits per heavy atom. The van der Waals surface area contributed by atoms with Crippen LogP contribution in [0.3, 0.4) is 0 Å². The summed E-state index contributed by atoms with van der Waals surface area (Å²) in [5, 5.41) is 8.63. The predicted octanol–water partition coefficient (Wildman–Crippen LogP) is 1.50. The van der Waals surface area contributed by atoms with Gasteiger partial charge < -0.3 is 9.84 Å². The number of aliphatic hydroxyl groups is 1. The highest BCUT2D eigenvalue weighted by Crippen LogP contribution is 2.22. The highest BCUT2D eigenvalue weighted by atomic mass is 32.2. The molecule has 0 radical (unpaired) electrons. The molecule has 0 atom stereocenters. The number of cyclic esters (lactones) is 2. The van der Waals surface area contributed by atoms with Gasteiger partial charge in [0.15, 0.2) is 5.12 Å². The van der Waals surface area contributed by atoms with Gasteiger partial charge in [0.25, 0.3) is 0 Å². The van der Waals surface area contributed by atoms with Crippen LogP contribution in [0, 0.1) is 0 Å². The van der Waals surface area contributed by atoms with E-state index in [1.807, 2.05) is 0 Å². The number of carbonyl (C=O) groups is 3. The third-order valence-corrected chi connectivity index (χ3v) is 3.17. The number of rotatable bonds is 5. The molecular formula is C11H12O5S. The lowest BCUT2D eigenvalue weighted by Gasteiger charge is -2.00. The van der Waals surface area contributed by atoms with Gasteiger partial charge in [-0.2, -0.15) is 0 Å². The second-order valence-electron chi connectivity index (χ2n) is 3.51. The van der Waals surface area contributed by atoms with Crippen LogP contribution in [0.4, 0.5) is 0 Å². The van der Waals surface area contributed by atoms with E-state index in [4.69, 9.17) is 5.11 Å². The van der Waals surface area contributed by atoms with Crippen LogP contribution in [0.1, 0.15) is 19.8 Å². The summed E-state index contributed by atoms with van der Waals surface area (Å²) >= 11 is 0.923. The number of hydrogen-bond donors (Lipinski definition) is 1. The fraction of sp³-hybridized carbons (Fsp3) is 0.364. The van der Waals surface area contributed by atoms with Gasteiger partial charge in [-0.15, -0.1) is 0 Å². The molecule has 0 amide bonds. The molecule has 1 rings (SSSR count). The Balaban J connectivity index is 2.46. The van der Waals surface area contributed by atoms with Gasteiger partial charge in [0, 0.05) is 17.6 Å². The Hall–Kier alpha value is -1.56. The molecule has 0 saturated heterocycles. The smallest absolute Gasteiger partial charge is 0.342 e. The lowest BCUT2D eigenvalue weighted by Crippen LogP contribution is -2.03. The molecule has 0 aromatic heterocycles. The molecule has 6 heteroatoms. The molecule has 0 bridgehead atoms. The minimum Gasteiger partial charge on any atom is -0.512 e. The van der Waals surface area contributed by atoms with Crippen molar-refractivity contribution < 1.29 is 24.2 Å². The molecule has 1 heterocycles. The Bertz CT molecular complexity index is 422. The van der Waals surface area contributed by atoms with Gasteiger partial charge in [0.2, 0.25) is 0 Å². The Kier molecular flexibility index (Phi) is 4.51. The lowest BCUT2D eigenvalue weighted by atomic mass is 10.1. The molecule has 1 aliphatic rings. The minimum atomic E-state index is -0.670. The zero-order valence-corrected chi connectivity index (χ0v) is 10.1. The van der Waals surface area contributed by atoms with Crippen LogP contribution in [-0.4, -0.2) is 27.9 Å². The number of hydrogen-bond acceptors (Lipinski definition) is 6. The molecule has 0 unspecified atom stereocenters. The monoisotopic (exact) mass is 256 g/mol. The van der Waals surface area contributed by atoms with E-state index >= 15 is 0 Å². The van der Waals surface area contributed by atoms with Crippen LogP contribution in [0.15, 0.2) is 23.5 Å². The van der Waals surface area contributed by atoms with Gasteiger partial charge >= 0.3 is 11.9 Å². The van der Waals surface area contributed by atoms with E-state index < -0.39 is 11.9 Å².